The van der Waals surface area contributed by atoms with Crippen LogP contribution in [-0.4, -0.2) is 60.0 Å². The SMILES string of the molecule is NC1CCN(C(=O)CO[C@H](C(=O)N2CC(c3cc(F)ccc3F)=C[C@H]2c2ccccc2)C2CC2)CC1. The highest BCUT2D eigenvalue weighted by Gasteiger charge is 2.43. The number of rotatable bonds is 7. The van der Waals surface area contributed by atoms with Crippen molar-refractivity contribution >= 4 is 17.4 Å². The highest BCUT2D eigenvalue weighted by atomic mass is 19.1. The van der Waals surface area contributed by atoms with Crippen LogP contribution in [0, 0.1) is 17.6 Å². The highest BCUT2D eigenvalue weighted by Crippen LogP contribution is 2.40. The molecule has 2 atom stereocenters. The highest BCUT2D eigenvalue weighted by molar-refractivity contribution is 5.87. The predicted octanol–water partition coefficient (Wildman–Crippen LogP) is 3.68. The molecule has 0 aromatic heterocycles. The molecule has 2 N–H and O–H groups in total. The van der Waals surface area contributed by atoms with Crippen molar-refractivity contribution in [2.75, 3.05) is 26.2 Å². The molecule has 190 valence electrons. The summed E-state index contributed by atoms with van der Waals surface area (Å²) >= 11 is 0. The summed E-state index contributed by atoms with van der Waals surface area (Å²) in [5, 5.41) is 0. The molecule has 0 radical (unpaired) electrons. The maximum Gasteiger partial charge on any atom is 0.253 e. The Kier molecular flexibility index (Phi) is 7.16. The molecular formula is C28H31F2N3O3. The number of halogens is 2. The number of hydrogen-bond donors (Lipinski definition) is 1. The molecule has 1 saturated heterocycles. The Morgan fingerprint density at radius 2 is 1.75 bits per heavy atom. The zero-order chi connectivity index (χ0) is 25.2. The summed E-state index contributed by atoms with van der Waals surface area (Å²) < 4.78 is 34.5. The van der Waals surface area contributed by atoms with Crippen LogP contribution in [0.3, 0.4) is 0 Å². The van der Waals surface area contributed by atoms with E-state index in [4.69, 9.17) is 10.5 Å². The van der Waals surface area contributed by atoms with Gasteiger partial charge in [-0.25, -0.2) is 8.78 Å². The van der Waals surface area contributed by atoms with E-state index >= 15 is 0 Å². The van der Waals surface area contributed by atoms with Crippen LogP contribution in [0.5, 0.6) is 0 Å². The normalized spacial score (nSPS) is 21.4. The minimum absolute atomic E-state index is 0.0476. The molecule has 0 spiro atoms. The summed E-state index contributed by atoms with van der Waals surface area (Å²) in [6, 6.07) is 12.5. The van der Waals surface area contributed by atoms with Gasteiger partial charge in [-0.2, -0.15) is 0 Å². The number of nitrogens with two attached hydrogens (primary N) is 1. The lowest BCUT2D eigenvalue weighted by Gasteiger charge is -2.32. The summed E-state index contributed by atoms with van der Waals surface area (Å²) in [6.07, 6.45) is 4.29. The molecule has 1 saturated carbocycles. The molecule has 5 rings (SSSR count). The van der Waals surface area contributed by atoms with E-state index in [9.17, 15) is 18.4 Å². The van der Waals surface area contributed by atoms with Crippen molar-refractivity contribution in [2.45, 2.75) is 43.9 Å². The third-order valence-corrected chi connectivity index (χ3v) is 7.31. The molecule has 3 aliphatic rings. The zero-order valence-corrected chi connectivity index (χ0v) is 20.1. The van der Waals surface area contributed by atoms with Crippen LogP contribution in [0.15, 0.2) is 54.6 Å². The van der Waals surface area contributed by atoms with Crippen molar-refractivity contribution in [3.8, 4) is 0 Å². The maximum atomic E-state index is 14.6. The van der Waals surface area contributed by atoms with Gasteiger partial charge in [0, 0.05) is 31.2 Å². The minimum Gasteiger partial charge on any atom is -0.358 e. The van der Waals surface area contributed by atoms with E-state index in [1.807, 2.05) is 36.4 Å². The van der Waals surface area contributed by atoms with Crippen LogP contribution in [0.25, 0.3) is 5.57 Å². The van der Waals surface area contributed by atoms with Gasteiger partial charge in [0.25, 0.3) is 5.91 Å². The fourth-order valence-electron chi connectivity index (χ4n) is 5.05. The van der Waals surface area contributed by atoms with Crippen molar-refractivity contribution in [1.29, 1.82) is 0 Å². The lowest BCUT2D eigenvalue weighted by atomic mass is 10.0. The number of nitrogens with zero attached hydrogens (tertiary/aromatic N) is 2. The van der Waals surface area contributed by atoms with Crippen LogP contribution in [0.2, 0.25) is 0 Å². The van der Waals surface area contributed by atoms with Gasteiger partial charge in [0.1, 0.15) is 24.3 Å². The average molecular weight is 496 g/mol. The van der Waals surface area contributed by atoms with E-state index in [-0.39, 0.29) is 42.5 Å². The number of carbonyl (C=O) groups is 2. The Morgan fingerprint density at radius 1 is 1.03 bits per heavy atom. The number of benzene rings is 2. The van der Waals surface area contributed by atoms with E-state index in [1.165, 1.54) is 0 Å². The van der Waals surface area contributed by atoms with Crippen molar-refractivity contribution in [1.82, 2.24) is 9.80 Å². The molecule has 36 heavy (non-hydrogen) atoms. The van der Waals surface area contributed by atoms with E-state index in [1.54, 1.807) is 9.80 Å². The van der Waals surface area contributed by atoms with Crippen LogP contribution < -0.4 is 5.73 Å². The molecule has 2 amide bonds. The van der Waals surface area contributed by atoms with Gasteiger partial charge >= 0.3 is 0 Å². The minimum atomic E-state index is -0.752. The first kappa shape index (κ1) is 24.6. The van der Waals surface area contributed by atoms with Gasteiger partial charge in [0.05, 0.1) is 6.04 Å². The Balaban J connectivity index is 1.35. The number of likely N-dealkylation sites (tertiary alicyclic amines) is 1. The molecule has 8 heteroatoms. The molecule has 2 aliphatic heterocycles. The lowest BCUT2D eigenvalue weighted by Crippen LogP contribution is -2.46. The van der Waals surface area contributed by atoms with E-state index in [0.29, 0.717) is 18.7 Å². The number of hydrogen-bond acceptors (Lipinski definition) is 4. The smallest absolute Gasteiger partial charge is 0.253 e. The summed E-state index contributed by atoms with van der Waals surface area (Å²) in [5.41, 5.74) is 7.50. The van der Waals surface area contributed by atoms with Gasteiger partial charge in [-0.1, -0.05) is 36.4 Å². The Morgan fingerprint density at radius 3 is 2.44 bits per heavy atom. The first-order chi connectivity index (χ1) is 17.4. The maximum absolute atomic E-state index is 14.6. The summed E-state index contributed by atoms with van der Waals surface area (Å²) in [6.45, 7) is 1.16. The Bertz CT molecular complexity index is 1140. The molecule has 0 unspecified atom stereocenters. The van der Waals surface area contributed by atoms with E-state index in [2.05, 4.69) is 0 Å². The molecule has 1 aliphatic carbocycles. The third-order valence-electron chi connectivity index (χ3n) is 7.31. The molecule has 2 heterocycles. The van der Waals surface area contributed by atoms with Crippen LogP contribution in [0.4, 0.5) is 8.78 Å². The van der Waals surface area contributed by atoms with Gasteiger partial charge in [-0.05, 0) is 60.9 Å². The quantitative estimate of drug-likeness (QED) is 0.636. The predicted molar refractivity (Wildman–Crippen MR) is 131 cm³/mol. The molecule has 6 nitrogen and oxygen atoms in total. The monoisotopic (exact) mass is 495 g/mol. The zero-order valence-electron chi connectivity index (χ0n) is 20.1. The van der Waals surface area contributed by atoms with Crippen molar-refractivity contribution < 1.29 is 23.1 Å². The third kappa shape index (κ3) is 5.34. The molecule has 2 fully saturated rings. The topological polar surface area (TPSA) is 75.9 Å². The van der Waals surface area contributed by atoms with Crippen molar-refractivity contribution in [3.63, 3.8) is 0 Å². The number of carbonyl (C=O) groups excluding carboxylic acids is 2. The summed E-state index contributed by atoms with van der Waals surface area (Å²) in [7, 11) is 0. The fourth-order valence-corrected chi connectivity index (χ4v) is 5.05. The number of piperidine rings is 1. The Labute approximate surface area is 209 Å². The van der Waals surface area contributed by atoms with E-state index < -0.39 is 23.8 Å². The second-order valence-corrected chi connectivity index (χ2v) is 9.92. The molecule has 0 bridgehead atoms. The van der Waals surface area contributed by atoms with Crippen LogP contribution >= 0.6 is 0 Å². The second kappa shape index (κ2) is 10.5. The first-order valence-electron chi connectivity index (χ1n) is 12.6. The molecule has 2 aromatic carbocycles. The van der Waals surface area contributed by atoms with Crippen LogP contribution in [-0.2, 0) is 14.3 Å². The van der Waals surface area contributed by atoms with Crippen molar-refractivity contribution in [2.24, 2.45) is 11.7 Å². The first-order valence-corrected chi connectivity index (χ1v) is 12.6. The largest absolute Gasteiger partial charge is 0.358 e. The second-order valence-electron chi connectivity index (χ2n) is 9.92. The number of ether oxygens (including phenoxy) is 1. The van der Waals surface area contributed by atoms with Gasteiger partial charge in [0.2, 0.25) is 5.91 Å². The van der Waals surface area contributed by atoms with Crippen molar-refractivity contribution in [3.05, 3.63) is 77.4 Å². The van der Waals surface area contributed by atoms with Gasteiger partial charge in [-0.3, -0.25) is 9.59 Å². The molecular weight excluding hydrogens is 464 g/mol. The van der Waals surface area contributed by atoms with Gasteiger partial charge < -0.3 is 20.3 Å². The molecule has 2 aromatic rings. The Hall–Kier alpha value is -3.10. The standard InChI is InChI=1S/C28H31F2N3O3/c29-21-8-9-24(30)23(15-21)20-14-25(18-4-2-1-3-5-18)33(16-20)28(35)27(19-6-7-19)36-17-26(34)32-12-10-22(31)11-13-32/h1-5,8-9,14-15,19,22,25,27H,6-7,10-13,16-17,31H2/t25-,27-/m0/s1. The number of amides is 2. The van der Waals surface area contributed by atoms with Gasteiger partial charge in [-0.15, -0.1) is 0 Å². The van der Waals surface area contributed by atoms with Gasteiger partial charge in [0.15, 0.2) is 0 Å². The fraction of sp³-hybridized carbons (Fsp3) is 0.429. The summed E-state index contributed by atoms with van der Waals surface area (Å²) in [4.78, 5) is 30.0. The van der Waals surface area contributed by atoms with E-state index in [0.717, 1.165) is 49.4 Å². The average Bonchev–Trinajstić information content (AvgIpc) is 3.63. The summed E-state index contributed by atoms with van der Waals surface area (Å²) in [5.74, 6) is -1.40. The van der Waals surface area contributed by atoms with Crippen LogP contribution in [0.1, 0.15) is 42.9 Å². The lowest BCUT2D eigenvalue weighted by molar-refractivity contribution is -0.151.